The first-order valence-corrected chi connectivity index (χ1v) is 8.94. The van der Waals surface area contributed by atoms with Crippen LogP contribution in [0, 0.1) is 5.41 Å². The van der Waals surface area contributed by atoms with Crippen molar-refractivity contribution in [3.8, 4) is 0 Å². The predicted octanol–water partition coefficient (Wildman–Crippen LogP) is 3.69. The predicted molar refractivity (Wildman–Crippen MR) is 100 cm³/mol. The molecule has 1 aromatic carbocycles. The van der Waals surface area contributed by atoms with Crippen molar-refractivity contribution < 1.29 is 9.90 Å². The van der Waals surface area contributed by atoms with Crippen LogP contribution in [0.4, 0.5) is 0 Å². The van der Waals surface area contributed by atoms with Gasteiger partial charge in [-0.05, 0) is 49.9 Å². The van der Waals surface area contributed by atoms with E-state index in [0.717, 1.165) is 42.6 Å². The maximum Gasteiger partial charge on any atom is 0.310 e. The topological polar surface area (TPSA) is 54.3 Å². The van der Waals surface area contributed by atoms with Crippen LogP contribution in [-0.4, -0.2) is 28.7 Å². The minimum atomic E-state index is -0.673. The van der Waals surface area contributed by atoms with Crippen molar-refractivity contribution in [2.24, 2.45) is 12.5 Å². The number of nitrogens with zero attached hydrogens (tertiary/aromatic N) is 1. The quantitative estimate of drug-likeness (QED) is 0.844. The van der Waals surface area contributed by atoms with Crippen LogP contribution < -0.4 is 5.32 Å². The molecule has 0 aliphatic carbocycles. The van der Waals surface area contributed by atoms with Crippen molar-refractivity contribution in [1.82, 2.24) is 9.88 Å². The number of carbonyl (C=O) groups is 1. The Kier molecular flexibility index (Phi) is 5.39. The van der Waals surface area contributed by atoms with E-state index in [9.17, 15) is 9.90 Å². The van der Waals surface area contributed by atoms with E-state index in [1.165, 1.54) is 0 Å². The van der Waals surface area contributed by atoms with Crippen LogP contribution in [0.5, 0.6) is 0 Å². The molecular formula is C21H26N2O2. The van der Waals surface area contributed by atoms with Crippen LogP contribution in [-0.2, 0) is 11.8 Å². The molecule has 3 rings (SSSR count). The van der Waals surface area contributed by atoms with Crippen molar-refractivity contribution in [2.45, 2.75) is 25.7 Å². The maximum absolute atomic E-state index is 11.8. The molecule has 1 unspecified atom stereocenters. The van der Waals surface area contributed by atoms with Gasteiger partial charge in [0.25, 0.3) is 0 Å². The summed E-state index contributed by atoms with van der Waals surface area (Å²) in [4.78, 5) is 11.8. The molecule has 4 nitrogen and oxygen atoms in total. The summed E-state index contributed by atoms with van der Waals surface area (Å²) >= 11 is 0. The summed E-state index contributed by atoms with van der Waals surface area (Å²) in [7, 11) is 2.04. The van der Waals surface area contributed by atoms with Gasteiger partial charge in [-0.15, -0.1) is 0 Å². The van der Waals surface area contributed by atoms with Crippen molar-refractivity contribution in [2.75, 3.05) is 13.1 Å². The molecule has 4 heteroatoms. The number of aryl methyl sites for hydroxylation is 1. The van der Waals surface area contributed by atoms with Crippen LogP contribution in [0.2, 0.25) is 0 Å². The van der Waals surface area contributed by atoms with E-state index in [4.69, 9.17) is 0 Å². The summed E-state index contributed by atoms with van der Waals surface area (Å²) in [6.45, 7) is 1.49. The number of piperidine rings is 1. The molecule has 2 aromatic rings. The zero-order chi connectivity index (χ0) is 17.7. The Bertz CT molecular complexity index is 740. The second kappa shape index (κ2) is 7.70. The fourth-order valence-corrected chi connectivity index (χ4v) is 3.69. The zero-order valence-corrected chi connectivity index (χ0v) is 14.7. The molecule has 25 heavy (non-hydrogen) atoms. The van der Waals surface area contributed by atoms with Gasteiger partial charge in [0.2, 0.25) is 0 Å². The number of aromatic nitrogens is 1. The van der Waals surface area contributed by atoms with Gasteiger partial charge >= 0.3 is 5.97 Å². The lowest BCUT2D eigenvalue weighted by atomic mass is 9.76. The smallest absolute Gasteiger partial charge is 0.310 e. The lowest BCUT2D eigenvalue weighted by Gasteiger charge is -2.33. The molecule has 1 saturated heterocycles. The van der Waals surface area contributed by atoms with Crippen molar-refractivity contribution >= 4 is 11.5 Å². The highest BCUT2D eigenvalue weighted by Gasteiger charge is 2.38. The molecule has 1 fully saturated rings. The summed E-state index contributed by atoms with van der Waals surface area (Å²) in [6.07, 6.45) is 7.34. The van der Waals surface area contributed by atoms with Gasteiger partial charge in [-0.1, -0.05) is 36.4 Å². The standard InChI is InChI=1S/C21H26N2O2/c1-23-15-6-11-19(23)18(17-8-3-2-4-9-17)10-5-12-21(20(24)25)13-7-14-22-16-21/h2-4,6,8-11,15,22H,5,7,12-14,16H2,1H3,(H,24,25). The molecule has 132 valence electrons. The van der Waals surface area contributed by atoms with E-state index in [0.29, 0.717) is 13.0 Å². The van der Waals surface area contributed by atoms with Gasteiger partial charge in [0, 0.05) is 31.1 Å². The highest BCUT2D eigenvalue weighted by molar-refractivity contribution is 5.78. The third kappa shape index (κ3) is 3.85. The molecule has 1 aliphatic rings. The lowest BCUT2D eigenvalue weighted by molar-refractivity contribution is -0.150. The monoisotopic (exact) mass is 338 g/mol. The highest BCUT2D eigenvalue weighted by atomic mass is 16.4. The van der Waals surface area contributed by atoms with E-state index >= 15 is 0 Å². The summed E-state index contributed by atoms with van der Waals surface area (Å²) in [5.41, 5.74) is 2.84. The third-order valence-electron chi connectivity index (χ3n) is 5.20. The van der Waals surface area contributed by atoms with Crippen molar-refractivity contribution in [3.05, 3.63) is 66.0 Å². The molecule has 0 spiro atoms. The highest BCUT2D eigenvalue weighted by Crippen LogP contribution is 2.33. The molecule has 2 heterocycles. The summed E-state index contributed by atoms with van der Waals surface area (Å²) in [5.74, 6) is -0.673. The van der Waals surface area contributed by atoms with Crippen LogP contribution in [0.25, 0.3) is 5.57 Å². The number of carboxylic acid groups (broad SMARTS) is 1. The molecule has 1 aliphatic heterocycles. The number of nitrogens with one attached hydrogen (secondary N) is 1. The van der Waals surface area contributed by atoms with Crippen molar-refractivity contribution in [3.63, 3.8) is 0 Å². The molecule has 1 atom stereocenters. The number of aliphatic carboxylic acids is 1. The van der Waals surface area contributed by atoms with Crippen LogP contribution in [0.3, 0.4) is 0 Å². The van der Waals surface area contributed by atoms with E-state index < -0.39 is 11.4 Å². The molecule has 0 radical (unpaired) electrons. The van der Waals surface area contributed by atoms with E-state index in [-0.39, 0.29) is 0 Å². The minimum absolute atomic E-state index is 0.570. The second-order valence-electron chi connectivity index (χ2n) is 6.89. The third-order valence-corrected chi connectivity index (χ3v) is 5.20. The summed E-state index contributed by atoms with van der Waals surface area (Å²) in [6, 6.07) is 14.4. The summed E-state index contributed by atoms with van der Waals surface area (Å²) < 4.78 is 2.11. The Morgan fingerprint density at radius 2 is 2.08 bits per heavy atom. The Hall–Kier alpha value is -2.33. The fourth-order valence-electron chi connectivity index (χ4n) is 3.69. The number of hydrogen-bond acceptors (Lipinski definition) is 2. The van der Waals surface area contributed by atoms with E-state index in [1.807, 2.05) is 37.5 Å². The van der Waals surface area contributed by atoms with Gasteiger partial charge < -0.3 is 15.0 Å². The fraction of sp³-hybridized carbons (Fsp3) is 0.381. The number of hydrogen-bond donors (Lipinski definition) is 2. The Morgan fingerprint density at radius 1 is 1.28 bits per heavy atom. The number of carboxylic acids is 1. The average molecular weight is 338 g/mol. The van der Waals surface area contributed by atoms with Crippen molar-refractivity contribution in [1.29, 1.82) is 0 Å². The maximum atomic E-state index is 11.8. The van der Waals surface area contributed by atoms with Crippen LogP contribution in [0.15, 0.2) is 54.7 Å². The Morgan fingerprint density at radius 3 is 2.68 bits per heavy atom. The Labute approximate surface area is 149 Å². The lowest BCUT2D eigenvalue weighted by Crippen LogP contribution is -2.45. The van der Waals surface area contributed by atoms with Gasteiger partial charge in [-0.3, -0.25) is 4.79 Å². The van der Waals surface area contributed by atoms with Crippen LogP contribution in [0.1, 0.15) is 36.9 Å². The second-order valence-corrected chi connectivity index (χ2v) is 6.89. The normalized spacial score (nSPS) is 21.2. The van der Waals surface area contributed by atoms with Gasteiger partial charge in [0.05, 0.1) is 5.41 Å². The Balaban J connectivity index is 1.84. The van der Waals surface area contributed by atoms with Gasteiger partial charge in [0.15, 0.2) is 0 Å². The SMILES string of the molecule is Cn1cccc1C(=CCCC1(C(=O)O)CCCNC1)c1ccccc1. The van der Waals surface area contributed by atoms with Gasteiger partial charge in [-0.25, -0.2) is 0 Å². The first-order chi connectivity index (χ1) is 12.1. The van der Waals surface area contributed by atoms with E-state index in [2.05, 4.69) is 34.2 Å². The van der Waals surface area contributed by atoms with Crippen LogP contribution >= 0.6 is 0 Å². The van der Waals surface area contributed by atoms with E-state index in [1.54, 1.807) is 0 Å². The molecule has 0 amide bonds. The van der Waals surface area contributed by atoms with Gasteiger partial charge in [-0.2, -0.15) is 0 Å². The van der Waals surface area contributed by atoms with Gasteiger partial charge in [0.1, 0.15) is 0 Å². The number of allylic oxidation sites excluding steroid dienone is 1. The number of rotatable bonds is 6. The zero-order valence-electron chi connectivity index (χ0n) is 14.7. The molecular weight excluding hydrogens is 312 g/mol. The molecule has 1 aromatic heterocycles. The molecule has 2 N–H and O–H groups in total. The first kappa shape index (κ1) is 17.5. The average Bonchev–Trinajstić information content (AvgIpc) is 3.06. The molecule has 0 saturated carbocycles. The first-order valence-electron chi connectivity index (χ1n) is 8.94. The minimum Gasteiger partial charge on any atom is -0.481 e. The number of benzene rings is 1. The molecule has 0 bridgehead atoms. The largest absolute Gasteiger partial charge is 0.481 e. The summed E-state index contributed by atoms with van der Waals surface area (Å²) in [5, 5.41) is 13.0.